The van der Waals surface area contributed by atoms with E-state index in [2.05, 4.69) is 10.3 Å². The molecule has 2 N–H and O–H groups in total. The van der Waals surface area contributed by atoms with Gasteiger partial charge in [0.15, 0.2) is 0 Å². The van der Waals surface area contributed by atoms with Crippen LogP contribution in [0.3, 0.4) is 0 Å². The van der Waals surface area contributed by atoms with Crippen LogP contribution in [-0.2, 0) is 4.79 Å². The number of aliphatic hydroxyl groups is 1. The Balaban J connectivity index is 1.79. The molecule has 1 aromatic heterocycles. The molecule has 0 aliphatic heterocycles. The quantitative estimate of drug-likeness (QED) is 0.761. The lowest BCUT2D eigenvalue weighted by Crippen LogP contribution is -2.35. The summed E-state index contributed by atoms with van der Waals surface area (Å²) in [4.78, 5) is 16.9. The molecule has 0 fully saturated rings. The summed E-state index contributed by atoms with van der Waals surface area (Å²) in [6.07, 6.45) is 1.67. The molecule has 0 aliphatic carbocycles. The predicted octanol–water partition coefficient (Wildman–Crippen LogP) is 2.45. The first kappa shape index (κ1) is 15.2. The lowest BCUT2D eigenvalue weighted by molar-refractivity contribution is -0.124. The van der Waals surface area contributed by atoms with Crippen molar-refractivity contribution < 1.29 is 9.90 Å². The van der Waals surface area contributed by atoms with E-state index in [0.717, 1.165) is 16.6 Å². The SMILES string of the molecule is CC(C(=O)NC(CO)c1ccccc1)n1cnc2ccccc21. The standard InChI is InChI=1S/C18H19N3O2/c1-13(21-12-19-15-9-5-6-10-17(15)21)18(23)20-16(11-22)14-7-3-2-4-8-14/h2-10,12-13,16,22H,11H2,1H3,(H,20,23). The number of carbonyl (C=O) groups excluding carboxylic acids is 1. The Labute approximate surface area is 134 Å². The van der Waals surface area contributed by atoms with Crippen molar-refractivity contribution in [2.45, 2.75) is 19.0 Å². The molecule has 0 aliphatic rings. The summed E-state index contributed by atoms with van der Waals surface area (Å²) in [6, 6.07) is 16.3. The number of nitrogens with zero attached hydrogens (tertiary/aromatic N) is 2. The average Bonchev–Trinajstić information content (AvgIpc) is 3.03. The first-order chi connectivity index (χ1) is 11.2. The lowest BCUT2D eigenvalue weighted by atomic mass is 10.1. The van der Waals surface area contributed by atoms with Gasteiger partial charge in [0, 0.05) is 0 Å². The van der Waals surface area contributed by atoms with Crippen molar-refractivity contribution in [3.8, 4) is 0 Å². The van der Waals surface area contributed by atoms with E-state index >= 15 is 0 Å². The van der Waals surface area contributed by atoms with Gasteiger partial charge in [-0.2, -0.15) is 0 Å². The Kier molecular flexibility index (Phi) is 4.39. The predicted molar refractivity (Wildman–Crippen MR) is 88.9 cm³/mol. The van der Waals surface area contributed by atoms with E-state index in [-0.39, 0.29) is 12.5 Å². The maximum atomic E-state index is 12.6. The fourth-order valence-electron chi connectivity index (χ4n) is 2.63. The molecule has 0 saturated heterocycles. The Morgan fingerprint density at radius 2 is 1.87 bits per heavy atom. The first-order valence-electron chi connectivity index (χ1n) is 7.58. The molecule has 23 heavy (non-hydrogen) atoms. The van der Waals surface area contributed by atoms with Crippen molar-refractivity contribution in [3.63, 3.8) is 0 Å². The lowest BCUT2D eigenvalue weighted by Gasteiger charge is -2.20. The topological polar surface area (TPSA) is 67.2 Å². The van der Waals surface area contributed by atoms with Crippen LogP contribution in [0.25, 0.3) is 11.0 Å². The highest BCUT2D eigenvalue weighted by Crippen LogP contribution is 2.19. The second kappa shape index (κ2) is 6.62. The van der Waals surface area contributed by atoms with Gasteiger partial charge in [-0.15, -0.1) is 0 Å². The Bertz CT molecular complexity index is 798. The van der Waals surface area contributed by atoms with E-state index in [1.54, 1.807) is 6.33 Å². The van der Waals surface area contributed by atoms with Gasteiger partial charge < -0.3 is 15.0 Å². The monoisotopic (exact) mass is 309 g/mol. The molecule has 1 heterocycles. The van der Waals surface area contributed by atoms with Crippen molar-refractivity contribution in [1.82, 2.24) is 14.9 Å². The molecule has 5 nitrogen and oxygen atoms in total. The van der Waals surface area contributed by atoms with Crippen molar-refractivity contribution in [1.29, 1.82) is 0 Å². The summed E-state index contributed by atoms with van der Waals surface area (Å²) in [6.45, 7) is 1.68. The van der Waals surface area contributed by atoms with Crippen molar-refractivity contribution in [3.05, 3.63) is 66.5 Å². The number of aromatic nitrogens is 2. The van der Waals surface area contributed by atoms with Gasteiger partial charge in [0.2, 0.25) is 5.91 Å². The summed E-state index contributed by atoms with van der Waals surface area (Å²) < 4.78 is 1.84. The molecule has 1 amide bonds. The molecule has 5 heteroatoms. The molecule has 0 radical (unpaired) electrons. The van der Waals surface area contributed by atoms with Gasteiger partial charge in [-0.1, -0.05) is 42.5 Å². The summed E-state index contributed by atoms with van der Waals surface area (Å²) in [7, 11) is 0. The zero-order valence-electron chi connectivity index (χ0n) is 12.9. The third kappa shape index (κ3) is 3.10. The number of imidazole rings is 1. The smallest absolute Gasteiger partial charge is 0.243 e. The van der Waals surface area contributed by atoms with Crippen LogP contribution in [0.15, 0.2) is 60.9 Å². The minimum Gasteiger partial charge on any atom is -0.394 e. The molecule has 2 unspecified atom stereocenters. The molecular formula is C18H19N3O2. The van der Waals surface area contributed by atoms with Crippen LogP contribution >= 0.6 is 0 Å². The van der Waals surface area contributed by atoms with Crippen molar-refractivity contribution >= 4 is 16.9 Å². The molecule has 2 aromatic carbocycles. The van der Waals surface area contributed by atoms with Crippen LogP contribution in [0.1, 0.15) is 24.6 Å². The largest absolute Gasteiger partial charge is 0.394 e. The molecule has 3 aromatic rings. The van der Waals surface area contributed by atoms with Crippen LogP contribution in [0, 0.1) is 0 Å². The number of amides is 1. The number of hydrogen-bond acceptors (Lipinski definition) is 3. The fourth-order valence-corrected chi connectivity index (χ4v) is 2.63. The molecule has 2 atom stereocenters. The van der Waals surface area contributed by atoms with Gasteiger partial charge >= 0.3 is 0 Å². The van der Waals surface area contributed by atoms with Crippen LogP contribution in [-0.4, -0.2) is 27.2 Å². The summed E-state index contributed by atoms with van der Waals surface area (Å²) in [5.74, 6) is -0.156. The second-order valence-electron chi connectivity index (χ2n) is 5.47. The Morgan fingerprint density at radius 3 is 2.61 bits per heavy atom. The maximum absolute atomic E-state index is 12.6. The van der Waals surface area contributed by atoms with E-state index in [0.29, 0.717) is 0 Å². The molecule has 3 rings (SSSR count). The molecule has 0 bridgehead atoms. The maximum Gasteiger partial charge on any atom is 0.243 e. The minimum atomic E-state index is -0.417. The number of carbonyl (C=O) groups is 1. The number of aliphatic hydroxyl groups excluding tert-OH is 1. The van der Waals surface area contributed by atoms with Crippen LogP contribution in [0.5, 0.6) is 0 Å². The molecule has 118 valence electrons. The van der Waals surface area contributed by atoms with E-state index < -0.39 is 12.1 Å². The highest BCUT2D eigenvalue weighted by molar-refractivity contribution is 5.83. The molecule has 0 saturated carbocycles. The molecule has 0 spiro atoms. The highest BCUT2D eigenvalue weighted by atomic mass is 16.3. The minimum absolute atomic E-state index is 0.146. The van der Waals surface area contributed by atoms with Crippen LogP contribution < -0.4 is 5.32 Å². The average molecular weight is 309 g/mol. The summed E-state index contributed by atoms with van der Waals surface area (Å²) >= 11 is 0. The zero-order valence-corrected chi connectivity index (χ0v) is 12.9. The fraction of sp³-hybridized carbons (Fsp3) is 0.222. The number of fused-ring (bicyclic) bond motifs is 1. The molecular weight excluding hydrogens is 290 g/mol. The zero-order chi connectivity index (χ0) is 16.2. The summed E-state index contributed by atoms with van der Waals surface area (Å²) in [5, 5.41) is 12.5. The normalized spacial score (nSPS) is 13.7. The number of nitrogens with one attached hydrogen (secondary N) is 1. The van der Waals surface area contributed by atoms with E-state index in [1.807, 2.05) is 66.1 Å². The van der Waals surface area contributed by atoms with Gasteiger partial charge in [0.05, 0.1) is 30.0 Å². The number of hydrogen-bond donors (Lipinski definition) is 2. The number of para-hydroxylation sites is 2. The van der Waals surface area contributed by atoms with E-state index in [9.17, 15) is 9.90 Å². The van der Waals surface area contributed by atoms with Gasteiger partial charge in [0.1, 0.15) is 6.04 Å². The van der Waals surface area contributed by atoms with Crippen molar-refractivity contribution in [2.24, 2.45) is 0 Å². The van der Waals surface area contributed by atoms with Gasteiger partial charge in [-0.25, -0.2) is 4.98 Å². The summed E-state index contributed by atoms with van der Waals surface area (Å²) in [5.41, 5.74) is 2.65. The number of benzene rings is 2. The Hall–Kier alpha value is -2.66. The third-order valence-corrected chi connectivity index (χ3v) is 3.98. The van der Waals surface area contributed by atoms with Gasteiger partial charge in [-0.05, 0) is 24.6 Å². The van der Waals surface area contributed by atoms with E-state index in [4.69, 9.17) is 0 Å². The third-order valence-electron chi connectivity index (χ3n) is 3.98. The van der Waals surface area contributed by atoms with Crippen LogP contribution in [0.2, 0.25) is 0 Å². The highest BCUT2D eigenvalue weighted by Gasteiger charge is 2.20. The van der Waals surface area contributed by atoms with Crippen LogP contribution in [0.4, 0.5) is 0 Å². The van der Waals surface area contributed by atoms with Gasteiger partial charge in [-0.3, -0.25) is 4.79 Å². The number of rotatable bonds is 5. The van der Waals surface area contributed by atoms with Gasteiger partial charge in [0.25, 0.3) is 0 Å². The second-order valence-corrected chi connectivity index (χ2v) is 5.47. The Morgan fingerprint density at radius 1 is 1.17 bits per heavy atom. The van der Waals surface area contributed by atoms with E-state index in [1.165, 1.54) is 0 Å². The first-order valence-corrected chi connectivity index (χ1v) is 7.58. The van der Waals surface area contributed by atoms with Crippen molar-refractivity contribution in [2.75, 3.05) is 6.61 Å².